The van der Waals surface area contributed by atoms with Crippen molar-refractivity contribution in [3.8, 4) is 0 Å². The Bertz CT molecular complexity index is 148. The highest BCUT2D eigenvalue weighted by Crippen LogP contribution is 2.18. The van der Waals surface area contributed by atoms with Gasteiger partial charge in [0, 0.05) is 0 Å². The molecule has 109 valence electrons. The van der Waals surface area contributed by atoms with Crippen LogP contribution in [0.5, 0.6) is 0 Å². The quantitative estimate of drug-likeness (QED) is 0.317. The molecular formula is C18H37. The van der Waals surface area contributed by atoms with Crippen molar-refractivity contribution in [1.29, 1.82) is 0 Å². The van der Waals surface area contributed by atoms with Crippen LogP contribution in [0, 0.1) is 18.8 Å². The number of rotatable bonds is 13. The van der Waals surface area contributed by atoms with Crippen molar-refractivity contribution < 1.29 is 0 Å². The van der Waals surface area contributed by atoms with Crippen molar-refractivity contribution in [2.24, 2.45) is 11.8 Å². The summed E-state index contributed by atoms with van der Waals surface area (Å²) in [6, 6.07) is 0. The van der Waals surface area contributed by atoms with Crippen molar-refractivity contribution in [3.63, 3.8) is 0 Å². The molecule has 1 radical (unpaired) electrons. The SMILES string of the molecule is [CH2]C(CCCCCCCCCCCCC)C(C)C. The lowest BCUT2D eigenvalue weighted by atomic mass is 9.92. The van der Waals surface area contributed by atoms with E-state index in [0.717, 1.165) is 5.92 Å². The van der Waals surface area contributed by atoms with Crippen molar-refractivity contribution in [3.05, 3.63) is 6.92 Å². The number of hydrogen-bond acceptors (Lipinski definition) is 0. The molecule has 0 aliphatic rings. The fourth-order valence-electron chi connectivity index (χ4n) is 2.40. The zero-order valence-corrected chi connectivity index (χ0v) is 13.3. The van der Waals surface area contributed by atoms with E-state index in [0.29, 0.717) is 5.92 Å². The molecule has 0 N–H and O–H groups in total. The van der Waals surface area contributed by atoms with Crippen LogP contribution in [0.15, 0.2) is 0 Å². The smallest absolute Gasteiger partial charge is 0.0391 e. The van der Waals surface area contributed by atoms with Gasteiger partial charge in [0.05, 0.1) is 0 Å². The molecule has 0 aliphatic heterocycles. The summed E-state index contributed by atoms with van der Waals surface area (Å²) in [5, 5.41) is 0. The largest absolute Gasteiger partial charge is 0.0654 e. The van der Waals surface area contributed by atoms with Crippen molar-refractivity contribution in [2.45, 2.75) is 97.8 Å². The lowest BCUT2D eigenvalue weighted by Crippen LogP contribution is -2.03. The number of unbranched alkanes of at least 4 members (excludes halogenated alkanes) is 10. The first kappa shape index (κ1) is 18.0. The summed E-state index contributed by atoms with van der Waals surface area (Å²) in [6.07, 6.45) is 17.2. The van der Waals surface area contributed by atoms with E-state index in [1.165, 1.54) is 77.0 Å². The fourth-order valence-corrected chi connectivity index (χ4v) is 2.40. The average Bonchev–Trinajstić information content (AvgIpc) is 2.35. The highest BCUT2D eigenvalue weighted by molar-refractivity contribution is 4.64. The van der Waals surface area contributed by atoms with Crippen LogP contribution in [-0.2, 0) is 0 Å². The molecule has 0 bridgehead atoms. The predicted octanol–water partition coefficient (Wildman–Crippen LogP) is 6.79. The molecule has 0 heteroatoms. The van der Waals surface area contributed by atoms with Crippen LogP contribution in [-0.4, -0.2) is 0 Å². The number of hydrogen-bond donors (Lipinski definition) is 0. The molecule has 18 heavy (non-hydrogen) atoms. The molecule has 0 nitrogen and oxygen atoms in total. The molecular weight excluding hydrogens is 216 g/mol. The van der Waals surface area contributed by atoms with Gasteiger partial charge < -0.3 is 0 Å². The summed E-state index contributed by atoms with van der Waals surface area (Å²) in [4.78, 5) is 0. The Hall–Kier alpha value is 0. The minimum Gasteiger partial charge on any atom is -0.0654 e. The fraction of sp³-hybridized carbons (Fsp3) is 0.944. The van der Waals surface area contributed by atoms with E-state index in [1.807, 2.05) is 0 Å². The lowest BCUT2D eigenvalue weighted by molar-refractivity contribution is 0.410. The van der Waals surface area contributed by atoms with Gasteiger partial charge in [0.2, 0.25) is 0 Å². The van der Waals surface area contributed by atoms with Gasteiger partial charge in [-0.15, -0.1) is 0 Å². The molecule has 0 saturated heterocycles. The second-order valence-corrected chi connectivity index (χ2v) is 6.33. The first-order chi connectivity index (χ1) is 8.68. The van der Waals surface area contributed by atoms with Gasteiger partial charge in [0.25, 0.3) is 0 Å². The second-order valence-electron chi connectivity index (χ2n) is 6.33. The molecule has 0 amide bonds. The minimum absolute atomic E-state index is 0.670. The highest BCUT2D eigenvalue weighted by Gasteiger charge is 2.05. The molecule has 0 spiro atoms. The molecule has 0 heterocycles. The topological polar surface area (TPSA) is 0 Å². The van der Waals surface area contributed by atoms with Gasteiger partial charge in [0.15, 0.2) is 0 Å². The van der Waals surface area contributed by atoms with Crippen LogP contribution in [0.4, 0.5) is 0 Å². The zero-order chi connectivity index (χ0) is 13.6. The Morgan fingerprint density at radius 1 is 0.667 bits per heavy atom. The average molecular weight is 253 g/mol. The van der Waals surface area contributed by atoms with Crippen LogP contribution >= 0.6 is 0 Å². The van der Waals surface area contributed by atoms with Gasteiger partial charge in [-0.05, 0) is 18.8 Å². The Kier molecular flexibility index (Phi) is 13.4. The van der Waals surface area contributed by atoms with E-state index in [9.17, 15) is 0 Å². The monoisotopic (exact) mass is 253 g/mol. The van der Waals surface area contributed by atoms with E-state index in [-0.39, 0.29) is 0 Å². The highest BCUT2D eigenvalue weighted by atomic mass is 14.1. The van der Waals surface area contributed by atoms with Gasteiger partial charge in [-0.25, -0.2) is 0 Å². The van der Waals surface area contributed by atoms with Crippen LogP contribution in [0.2, 0.25) is 0 Å². The first-order valence-electron chi connectivity index (χ1n) is 8.51. The third-order valence-corrected chi connectivity index (χ3v) is 4.12. The maximum Gasteiger partial charge on any atom is -0.0391 e. The van der Waals surface area contributed by atoms with Crippen molar-refractivity contribution in [2.75, 3.05) is 0 Å². The van der Waals surface area contributed by atoms with Crippen LogP contribution in [0.1, 0.15) is 97.8 Å². The third kappa shape index (κ3) is 12.5. The molecule has 0 aromatic heterocycles. The standard InChI is InChI=1S/C18H37/c1-5-6-7-8-9-10-11-12-13-14-15-16-18(4)17(2)3/h17-18H,4-16H2,1-3H3. The summed E-state index contributed by atoms with van der Waals surface area (Å²) in [6.45, 7) is 11.1. The van der Waals surface area contributed by atoms with E-state index in [1.54, 1.807) is 0 Å². The molecule has 0 rings (SSSR count). The summed E-state index contributed by atoms with van der Waals surface area (Å²) in [7, 11) is 0. The maximum atomic E-state index is 4.22. The van der Waals surface area contributed by atoms with Gasteiger partial charge >= 0.3 is 0 Å². The summed E-state index contributed by atoms with van der Waals surface area (Å²) < 4.78 is 0. The zero-order valence-electron chi connectivity index (χ0n) is 13.3. The summed E-state index contributed by atoms with van der Waals surface area (Å²) in [5.74, 6) is 1.43. The predicted molar refractivity (Wildman–Crippen MR) is 84.8 cm³/mol. The maximum absolute atomic E-state index is 4.22. The Morgan fingerprint density at radius 3 is 1.44 bits per heavy atom. The van der Waals surface area contributed by atoms with Crippen molar-refractivity contribution >= 4 is 0 Å². The molecule has 0 fully saturated rings. The van der Waals surface area contributed by atoms with E-state index in [2.05, 4.69) is 27.7 Å². The molecule has 0 aromatic carbocycles. The third-order valence-electron chi connectivity index (χ3n) is 4.12. The molecule has 0 aliphatic carbocycles. The molecule has 1 unspecified atom stereocenters. The summed E-state index contributed by atoms with van der Waals surface area (Å²) >= 11 is 0. The molecule has 1 atom stereocenters. The Labute approximate surface area is 117 Å². The Morgan fingerprint density at radius 2 is 1.06 bits per heavy atom. The molecule has 0 saturated carbocycles. The van der Waals surface area contributed by atoms with E-state index in [4.69, 9.17) is 0 Å². The van der Waals surface area contributed by atoms with E-state index < -0.39 is 0 Å². The normalized spacial score (nSPS) is 13.2. The van der Waals surface area contributed by atoms with Crippen LogP contribution in [0.25, 0.3) is 0 Å². The lowest BCUT2D eigenvalue weighted by Gasteiger charge is -2.14. The molecule has 0 aromatic rings. The van der Waals surface area contributed by atoms with Gasteiger partial charge in [-0.1, -0.05) is 97.8 Å². The first-order valence-corrected chi connectivity index (χ1v) is 8.51. The van der Waals surface area contributed by atoms with E-state index >= 15 is 0 Å². The van der Waals surface area contributed by atoms with Crippen molar-refractivity contribution in [1.82, 2.24) is 0 Å². The van der Waals surface area contributed by atoms with Crippen LogP contribution in [0.3, 0.4) is 0 Å². The Balaban J connectivity index is 3.03. The van der Waals surface area contributed by atoms with Gasteiger partial charge in [-0.3, -0.25) is 0 Å². The second kappa shape index (κ2) is 13.4. The minimum atomic E-state index is 0.670. The van der Waals surface area contributed by atoms with Crippen LogP contribution < -0.4 is 0 Å². The summed E-state index contributed by atoms with van der Waals surface area (Å²) in [5.41, 5.74) is 0. The van der Waals surface area contributed by atoms with Gasteiger partial charge in [0.1, 0.15) is 0 Å². The van der Waals surface area contributed by atoms with Gasteiger partial charge in [-0.2, -0.15) is 0 Å².